The topological polar surface area (TPSA) is 67.2 Å². The first-order valence-electron chi connectivity index (χ1n) is 8.04. The molecule has 0 saturated carbocycles. The third-order valence-electron chi connectivity index (χ3n) is 3.74. The van der Waals surface area contributed by atoms with Crippen LogP contribution in [0.2, 0.25) is 0 Å². The highest BCUT2D eigenvalue weighted by Gasteiger charge is 2.12. The molecule has 1 aromatic heterocycles. The lowest BCUT2D eigenvalue weighted by molar-refractivity contribution is 0.252. The summed E-state index contributed by atoms with van der Waals surface area (Å²) in [4.78, 5) is 16.5. The molecule has 134 valence electrons. The molecule has 0 spiro atoms. The quantitative estimate of drug-likeness (QED) is 0.619. The molecule has 3 rings (SSSR count). The predicted octanol–water partition coefficient (Wildman–Crippen LogP) is 4.92. The van der Waals surface area contributed by atoms with Crippen LogP contribution in [0.1, 0.15) is 11.5 Å². The molecule has 5 nitrogen and oxygen atoms in total. The minimum absolute atomic E-state index is 0.373. The van der Waals surface area contributed by atoms with Gasteiger partial charge >= 0.3 is 6.03 Å². The van der Waals surface area contributed by atoms with Crippen molar-refractivity contribution in [2.75, 3.05) is 11.9 Å². The monoisotopic (exact) mass is 417 g/mol. The number of urea groups is 1. The zero-order valence-electron chi connectivity index (χ0n) is 14.1. The second-order valence-corrected chi connectivity index (χ2v) is 6.50. The smallest absolute Gasteiger partial charge is 0.319 e. The van der Waals surface area contributed by atoms with Gasteiger partial charge in [-0.1, -0.05) is 18.2 Å². The largest absolute Gasteiger partial charge is 0.441 e. The Balaban J connectivity index is 1.55. The number of benzene rings is 2. The van der Waals surface area contributed by atoms with Gasteiger partial charge in [0.05, 0.1) is 11.4 Å². The summed E-state index contributed by atoms with van der Waals surface area (Å²) in [5, 5.41) is 5.41. The Kier molecular flexibility index (Phi) is 5.68. The second-order valence-electron chi connectivity index (χ2n) is 5.64. The molecule has 0 fully saturated rings. The number of carbonyl (C=O) groups is 1. The van der Waals surface area contributed by atoms with Crippen molar-refractivity contribution >= 4 is 27.6 Å². The van der Waals surface area contributed by atoms with Crippen molar-refractivity contribution in [2.24, 2.45) is 0 Å². The molecule has 0 radical (unpaired) electrons. The Morgan fingerprint density at radius 1 is 1.23 bits per heavy atom. The molecule has 0 aliphatic heterocycles. The van der Waals surface area contributed by atoms with Crippen LogP contribution in [0, 0.1) is 12.7 Å². The van der Waals surface area contributed by atoms with Gasteiger partial charge in [0.25, 0.3) is 0 Å². The van der Waals surface area contributed by atoms with Crippen molar-refractivity contribution in [2.45, 2.75) is 13.3 Å². The van der Waals surface area contributed by atoms with Gasteiger partial charge in [-0.15, -0.1) is 0 Å². The van der Waals surface area contributed by atoms with E-state index in [0.29, 0.717) is 29.0 Å². The van der Waals surface area contributed by atoms with Gasteiger partial charge in [0.1, 0.15) is 11.6 Å². The third kappa shape index (κ3) is 4.49. The van der Waals surface area contributed by atoms with Crippen molar-refractivity contribution < 1.29 is 13.6 Å². The number of amides is 2. The Labute approximate surface area is 158 Å². The molecule has 0 saturated heterocycles. The van der Waals surface area contributed by atoms with Gasteiger partial charge in [-0.2, -0.15) is 0 Å². The van der Waals surface area contributed by atoms with E-state index < -0.39 is 0 Å². The average Bonchev–Trinajstić information content (AvgIpc) is 2.99. The van der Waals surface area contributed by atoms with Crippen LogP contribution in [-0.4, -0.2) is 17.6 Å². The number of nitrogens with one attached hydrogen (secondary N) is 2. The Morgan fingerprint density at radius 3 is 2.73 bits per heavy atom. The summed E-state index contributed by atoms with van der Waals surface area (Å²) >= 11 is 3.21. The van der Waals surface area contributed by atoms with Crippen LogP contribution in [-0.2, 0) is 6.42 Å². The number of halogens is 2. The molecule has 7 heteroatoms. The lowest BCUT2D eigenvalue weighted by atomic mass is 10.2. The lowest BCUT2D eigenvalue weighted by Crippen LogP contribution is -2.30. The number of aryl methyl sites for hydroxylation is 1. The van der Waals surface area contributed by atoms with Crippen LogP contribution >= 0.6 is 15.9 Å². The third-order valence-corrected chi connectivity index (χ3v) is 4.40. The number of anilines is 1. The van der Waals surface area contributed by atoms with E-state index in [1.807, 2.05) is 37.3 Å². The number of carbonyl (C=O) groups excluding carboxylic acids is 1. The van der Waals surface area contributed by atoms with E-state index in [-0.39, 0.29) is 11.8 Å². The Hall–Kier alpha value is -2.67. The fourth-order valence-corrected chi connectivity index (χ4v) is 2.87. The summed E-state index contributed by atoms with van der Waals surface area (Å²) in [7, 11) is 0. The van der Waals surface area contributed by atoms with Gasteiger partial charge in [0.15, 0.2) is 0 Å². The van der Waals surface area contributed by atoms with E-state index >= 15 is 0 Å². The summed E-state index contributed by atoms with van der Waals surface area (Å²) in [5.74, 6) is 0.920. The fourth-order valence-electron chi connectivity index (χ4n) is 2.42. The van der Waals surface area contributed by atoms with Gasteiger partial charge < -0.3 is 15.1 Å². The zero-order chi connectivity index (χ0) is 18.5. The molecule has 2 N–H and O–H groups in total. The molecule has 0 aliphatic carbocycles. The van der Waals surface area contributed by atoms with Gasteiger partial charge in [-0.3, -0.25) is 0 Å². The SMILES string of the molecule is Cc1oc(-c2ccccc2)nc1CCNC(=O)Nc1ccc(F)cc1Br. The number of oxazole rings is 1. The Morgan fingerprint density at radius 2 is 2.00 bits per heavy atom. The average molecular weight is 418 g/mol. The maximum atomic E-state index is 13.1. The number of hydrogen-bond donors (Lipinski definition) is 2. The van der Waals surface area contributed by atoms with Crippen LogP contribution in [0.5, 0.6) is 0 Å². The molecule has 1 heterocycles. The number of aromatic nitrogens is 1. The lowest BCUT2D eigenvalue weighted by Gasteiger charge is -2.08. The predicted molar refractivity (Wildman–Crippen MR) is 102 cm³/mol. The first-order chi connectivity index (χ1) is 12.5. The minimum Gasteiger partial charge on any atom is -0.441 e. The van der Waals surface area contributed by atoms with Crippen LogP contribution in [0.4, 0.5) is 14.9 Å². The van der Waals surface area contributed by atoms with Gasteiger partial charge in [-0.25, -0.2) is 14.2 Å². The fraction of sp³-hybridized carbons (Fsp3) is 0.158. The summed E-state index contributed by atoms with van der Waals surface area (Å²) in [6.45, 7) is 2.25. The highest BCUT2D eigenvalue weighted by atomic mass is 79.9. The molecule has 2 amide bonds. The standard InChI is InChI=1S/C19H17BrFN3O2/c1-12-16(23-18(26-12)13-5-3-2-4-6-13)9-10-22-19(25)24-17-8-7-14(21)11-15(17)20/h2-8,11H,9-10H2,1H3,(H2,22,24,25). The van der Waals surface area contributed by atoms with Crippen molar-refractivity contribution in [1.82, 2.24) is 10.3 Å². The number of hydrogen-bond acceptors (Lipinski definition) is 3. The summed E-state index contributed by atoms with van der Waals surface area (Å²) in [6.07, 6.45) is 0.542. The summed E-state index contributed by atoms with van der Waals surface area (Å²) in [5.41, 5.74) is 2.20. The molecule has 3 aromatic rings. The van der Waals surface area contributed by atoms with Crippen molar-refractivity contribution in [1.29, 1.82) is 0 Å². The van der Waals surface area contributed by atoms with Crippen LogP contribution < -0.4 is 10.6 Å². The van der Waals surface area contributed by atoms with Gasteiger partial charge in [-0.05, 0) is 53.2 Å². The second kappa shape index (κ2) is 8.14. The maximum Gasteiger partial charge on any atom is 0.319 e. The highest BCUT2D eigenvalue weighted by Crippen LogP contribution is 2.23. The Bertz CT molecular complexity index is 912. The van der Waals surface area contributed by atoms with Gasteiger partial charge in [0.2, 0.25) is 5.89 Å². The molecular formula is C19H17BrFN3O2. The normalized spacial score (nSPS) is 10.6. The van der Waals surface area contributed by atoms with E-state index in [1.165, 1.54) is 18.2 Å². The number of rotatable bonds is 5. The van der Waals surface area contributed by atoms with Crippen LogP contribution in [0.25, 0.3) is 11.5 Å². The first kappa shape index (κ1) is 18.1. The van der Waals surface area contributed by atoms with E-state index in [0.717, 1.165) is 17.0 Å². The molecule has 2 aromatic carbocycles. The summed E-state index contributed by atoms with van der Waals surface area (Å²) in [6, 6.07) is 13.3. The molecule has 0 aliphatic rings. The molecule has 0 unspecified atom stereocenters. The van der Waals surface area contributed by atoms with Crippen molar-refractivity contribution in [3.05, 3.63) is 70.3 Å². The molecule has 0 bridgehead atoms. The number of nitrogens with zero attached hydrogens (tertiary/aromatic N) is 1. The maximum absolute atomic E-state index is 13.1. The van der Waals surface area contributed by atoms with Crippen molar-refractivity contribution in [3.8, 4) is 11.5 Å². The van der Waals surface area contributed by atoms with Gasteiger partial charge in [0, 0.05) is 23.0 Å². The van der Waals surface area contributed by atoms with Crippen LogP contribution in [0.3, 0.4) is 0 Å². The van der Waals surface area contributed by atoms with E-state index in [1.54, 1.807) is 0 Å². The molecular weight excluding hydrogens is 401 g/mol. The van der Waals surface area contributed by atoms with Crippen molar-refractivity contribution in [3.63, 3.8) is 0 Å². The van der Waals surface area contributed by atoms with Crippen LogP contribution in [0.15, 0.2) is 57.4 Å². The highest BCUT2D eigenvalue weighted by molar-refractivity contribution is 9.10. The first-order valence-corrected chi connectivity index (χ1v) is 8.84. The molecule has 0 atom stereocenters. The molecule has 26 heavy (non-hydrogen) atoms. The van der Waals surface area contributed by atoms with E-state index in [2.05, 4.69) is 31.5 Å². The zero-order valence-corrected chi connectivity index (χ0v) is 15.6. The van der Waals surface area contributed by atoms with E-state index in [4.69, 9.17) is 4.42 Å². The van der Waals surface area contributed by atoms with E-state index in [9.17, 15) is 9.18 Å². The summed E-state index contributed by atoms with van der Waals surface area (Å²) < 4.78 is 19.2. The minimum atomic E-state index is -0.376.